The Hall–Kier alpha value is -1.12. The molecule has 2 nitrogen and oxygen atoms in total. The van der Waals surface area contributed by atoms with Crippen LogP contribution >= 0.6 is 0 Å². The highest BCUT2D eigenvalue weighted by atomic mass is 14.9. The Morgan fingerprint density at radius 3 is 1.14 bits per heavy atom. The van der Waals surface area contributed by atoms with Crippen LogP contribution in [0.5, 0.6) is 0 Å². The molecule has 2 N–H and O–H groups in total. The first-order valence-corrected chi connectivity index (χ1v) is 5.15. The van der Waals surface area contributed by atoms with Crippen LogP contribution in [0.4, 0.5) is 0 Å². The van der Waals surface area contributed by atoms with Crippen LogP contribution in [0.3, 0.4) is 0 Å². The van der Waals surface area contributed by atoms with Crippen molar-refractivity contribution in [1.82, 2.24) is 10.6 Å². The molecule has 3 aliphatic rings. The molecule has 2 fully saturated rings. The van der Waals surface area contributed by atoms with Crippen molar-refractivity contribution in [1.29, 1.82) is 0 Å². The van der Waals surface area contributed by atoms with Gasteiger partial charge < -0.3 is 10.6 Å². The average Bonchev–Trinajstić information content (AvgIpc) is 2.75. The van der Waals surface area contributed by atoms with Crippen molar-refractivity contribution in [2.45, 2.75) is 0 Å². The largest absolute Gasteiger partial charge is 0.309 e. The maximum Gasteiger partial charge on any atom is 0.0211 e. The third-order valence-corrected chi connectivity index (χ3v) is 3.06. The van der Waals surface area contributed by atoms with E-state index in [-0.39, 0.29) is 0 Å². The lowest BCUT2D eigenvalue weighted by molar-refractivity contribution is 0.892. The van der Waals surface area contributed by atoms with E-state index in [1.54, 1.807) is 0 Å². The highest BCUT2D eigenvalue weighted by molar-refractivity contribution is 5.50. The van der Waals surface area contributed by atoms with E-state index in [0.29, 0.717) is 0 Å². The smallest absolute Gasteiger partial charge is 0.0211 e. The van der Waals surface area contributed by atoms with Gasteiger partial charge in [-0.05, 0) is 22.3 Å². The lowest BCUT2D eigenvalue weighted by Crippen LogP contribution is -2.05. The van der Waals surface area contributed by atoms with Gasteiger partial charge in [-0.2, -0.15) is 0 Å². The van der Waals surface area contributed by atoms with E-state index in [0.717, 1.165) is 26.2 Å². The summed E-state index contributed by atoms with van der Waals surface area (Å²) in [5, 5.41) is 6.75. The molecule has 2 aliphatic heterocycles. The zero-order valence-electron chi connectivity index (χ0n) is 8.14. The topological polar surface area (TPSA) is 24.1 Å². The Morgan fingerprint density at radius 1 is 0.571 bits per heavy atom. The molecular formula is C12H14N2. The first-order valence-electron chi connectivity index (χ1n) is 5.15. The zero-order chi connectivity index (χ0) is 9.38. The summed E-state index contributed by atoms with van der Waals surface area (Å²) >= 11 is 0. The van der Waals surface area contributed by atoms with Crippen LogP contribution in [0, 0.1) is 0 Å². The van der Waals surface area contributed by atoms with E-state index >= 15 is 0 Å². The third-order valence-electron chi connectivity index (χ3n) is 3.06. The predicted molar refractivity (Wildman–Crippen MR) is 58.1 cm³/mol. The van der Waals surface area contributed by atoms with Gasteiger partial charge in [0.15, 0.2) is 0 Å². The molecule has 14 heavy (non-hydrogen) atoms. The Bertz CT molecular complexity index is 309. The molecule has 0 bridgehead atoms. The van der Waals surface area contributed by atoms with Crippen LogP contribution in [-0.2, 0) is 0 Å². The molecule has 0 unspecified atom stereocenters. The second kappa shape index (κ2) is 3.23. The van der Waals surface area contributed by atoms with E-state index in [1.165, 1.54) is 22.3 Å². The first kappa shape index (κ1) is 8.21. The van der Waals surface area contributed by atoms with E-state index in [4.69, 9.17) is 0 Å². The number of nitrogens with one attached hydrogen (secondary N) is 2. The summed E-state index contributed by atoms with van der Waals surface area (Å²) < 4.78 is 0. The molecule has 2 saturated heterocycles. The quantitative estimate of drug-likeness (QED) is 0.587. The molecule has 0 aromatic rings. The van der Waals surface area contributed by atoms with Crippen LogP contribution in [0.2, 0.25) is 0 Å². The fourth-order valence-electron chi connectivity index (χ4n) is 2.18. The van der Waals surface area contributed by atoms with Gasteiger partial charge in [0.05, 0.1) is 0 Å². The van der Waals surface area contributed by atoms with Crippen molar-refractivity contribution in [2.75, 3.05) is 26.2 Å². The zero-order valence-corrected chi connectivity index (χ0v) is 8.14. The summed E-state index contributed by atoms with van der Waals surface area (Å²) in [5.41, 5.74) is 5.78. The molecule has 1 aliphatic carbocycles. The highest BCUT2D eigenvalue weighted by Gasteiger charge is 2.16. The monoisotopic (exact) mass is 186 g/mol. The van der Waals surface area contributed by atoms with Crippen molar-refractivity contribution < 1.29 is 0 Å². The molecule has 2 heterocycles. The number of fused-ring (bicyclic) bond motifs is 2. The summed E-state index contributed by atoms with van der Waals surface area (Å²) in [6, 6.07) is 0. The third kappa shape index (κ3) is 1.27. The maximum atomic E-state index is 3.37. The fraction of sp³-hybridized carbons (Fsp3) is 0.333. The SMILES string of the molecule is C1=C2/CNC/C2=C/C=C2/CNC/C2=C/1. The molecule has 0 saturated carbocycles. The van der Waals surface area contributed by atoms with E-state index in [2.05, 4.69) is 34.9 Å². The van der Waals surface area contributed by atoms with Gasteiger partial charge in [-0.1, -0.05) is 24.3 Å². The standard InChI is InChI=1S/C12H14N2/c1-2-10-6-14-8-12(10)4-3-11-7-13-5-9(1)11/h1-4,13-14H,5-8H2/b2-1?,4-3?,9-1-,10-2-,11-3-,12-4-. The molecule has 0 spiro atoms. The number of hydrogen-bond donors (Lipinski definition) is 2. The van der Waals surface area contributed by atoms with Gasteiger partial charge >= 0.3 is 0 Å². The molecule has 0 amide bonds. The summed E-state index contributed by atoms with van der Waals surface area (Å²) in [5.74, 6) is 0. The minimum atomic E-state index is 1.02. The fourth-order valence-corrected chi connectivity index (χ4v) is 2.18. The van der Waals surface area contributed by atoms with Gasteiger partial charge in [0, 0.05) is 26.2 Å². The van der Waals surface area contributed by atoms with Gasteiger partial charge in [0.2, 0.25) is 0 Å². The van der Waals surface area contributed by atoms with E-state index < -0.39 is 0 Å². The summed E-state index contributed by atoms with van der Waals surface area (Å²) in [6.07, 6.45) is 9.06. The van der Waals surface area contributed by atoms with Crippen LogP contribution in [0.15, 0.2) is 46.6 Å². The number of allylic oxidation sites excluding steroid dienone is 4. The van der Waals surface area contributed by atoms with Gasteiger partial charge in [0.25, 0.3) is 0 Å². The molecule has 3 rings (SSSR count). The molecule has 2 heteroatoms. The normalized spacial score (nSPS) is 40.0. The van der Waals surface area contributed by atoms with Crippen molar-refractivity contribution in [3.05, 3.63) is 46.6 Å². The van der Waals surface area contributed by atoms with Crippen LogP contribution in [-0.4, -0.2) is 26.2 Å². The second-order valence-electron chi connectivity index (χ2n) is 3.97. The molecule has 0 aromatic carbocycles. The Morgan fingerprint density at radius 2 is 0.857 bits per heavy atom. The first-order chi connectivity index (χ1) is 6.93. The molecular weight excluding hydrogens is 172 g/mol. The molecule has 72 valence electrons. The number of rotatable bonds is 0. The Balaban J connectivity index is 2.05. The summed E-state index contributed by atoms with van der Waals surface area (Å²) in [6.45, 7) is 4.08. The second-order valence-corrected chi connectivity index (χ2v) is 3.97. The van der Waals surface area contributed by atoms with Crippen molar-refractivity contribution in [3.63, 3.8) is 0 Å². The summed E-state index contributed by atoms with van der Waals surface area (Å²) in [4.78, 5) is 0. The lowest BCUT2D eigenvalue weighted by atomic mass is 10.0. The van der Waals surface area contributed by atoms with Crippen LogP contribution < -0.4 is 10.6 Å². The molecule has 0 radical (unpaired) electrons. The molecule has 0 atom stereocenters. The van der Waals surface area contributed by atoms with Gasteiger partial charge in [0.1, 0.15) is 0 Å². The van der Waals surface area contributed by atoms with Crippen molar-refractivity contribution >= 4 is 0 Å². The number of hydrogen-bond acceptors (Lipinski definition) is 2. The van der Waals surface area contributed by atoms with Crippen molar-refractivity contribution in [3.8, 4) is 0 Å². The highest BCUT2D eigenvalue weighted by Crippen LogP contribution is 2.22. The minimum absolute atomic E-state index is 1.02. The maximum absolute atomic E-state index is 3.37. The predicted octanol–water partition coefficient (Wildman–Crippen LogP) is 0.912. The Labute approximate surface area is 84.1 Å². The van der Waals surface area contributed by atoms with Crippen LogP contribution in [0.25, 0.3) is 0 Å². The summed E-state index contributed by atoms with van der Waals surface area (Å²) in [7, 11) is 0. The Kier molecular flexibility index (Phi) is 1.89. The van der Waals surface area contributed by atoms with Crippen LogP contribution in [0.1, 0.15) is 0 Å². The van der Waals surface area contributed by atoms with Crippen molar-refractivity contribution in [2.24, 2.45) is 0 Å². The van der Waals surface area contributed by atoms with Gasteiger partial charge in [-0.25, -0.2) is 0 Å². The van der Waals surface area contributed by atoms with E-state index in [9.17, 15) is 0 Å². The molecule has 0 aromatic heterocycles. The average molecular weight is 186 g/mol. The van der Waals surface area contributed by atoms with Gasteiger partial charge in [-0.15, -0.1) is 0 Å². The minimum Gasteiger partial charge on any atom is -0.309 e. The van der Waals surface area contributed by atoms with E-state index in [1.807, 2.05) is 0 Å². The van der Waals surface area contributed by atoms with Gasteiger partial charge in [-0.3, -0.25) is 0 Å². The lowest BCUT2D eigenvalue weighted by Gasteiger charge is -2.03.